The number of esters is 3. The molecule has 4 aliphatic rings. The summed E-state index contributed by atoms with van der Waals surface area (Å²) in [5.74, 6) is -4.31. The van der Waals surface area contributed by atoms with Gasteiger partial charge in [0.05, 0.1) is 25.4 Å². The normalized spacial score (nSPS) is 28.9. The molecule has 0 spiro atoms. The minimum Gasteiger partial charge on any atom is -0.481 e. The summed E-state index contributed by atoms with van der Waals surface area (Å²) in [5, 5.41) is 41.8. The molecule has 6 rings (SSSR count). The van der Waals surface area contributed by atoms with Crippen LogP contribution in [-0.4, -0.2) is 100 Å². The van der Waals surface area contributed by atoms with Crippen LogP contribution in [0.3, 0.4) is 0 Å². The lowest BCUT2D eigenvalue weighted by atomic mass is 9.43. The molecular formula is C54H77ClN4O13. The smallest absolute Gasteiger partial charge is 0.306 e. The maximum atomic E-state index is 14.4. The standard InChI is InChI=1S/C54H76N4O13.ClH/c1-32(15-22-46(63)69-4)37-16-17-38-49-39(29-44(60)54(37,38)3)53(2)26-25-36(27-35(53)28-43(49)59)56-51(67)41(19-23-47(64)70-30-33-11-7-5-8-12-33)58-52(68)42(57-50(66)40(55)18-21-45(61)62)20-24-48(65)71-31-34-13-9-6-10-14-34;/h5-14,32,35-44,49,59-60H,15-31,55H2,1-4H3,(H,56,67)(H,57,66)(H,58,68)(H,61,62);1H/t32?,35-,36-,37+,38-,39-,40?,41?,42?,43+,44-,49-,53-,54+;/m0./s1. The van der Waals surface area contributed by atoms with E-state index in [1.54, 1.807) is 36.4 Å². The number of benzene rings is 2. The first-order valence-electron chi connectivity index (χ1n) is 25.5. The second-order valence-corrected chi connectivity index (χ2v) is 21.2. The molecule has 2 aromatic rings. The van der Waals surface area contributed by atoms with Crippen LogP contribution in [0.2, 0.25) is 0 Å². The van der Waals surface area contributed by atoms with Crippen molar-refractivity contribution in [2.75, 3.05) is 7.11 Å². The van der Waals surface area contributed by atoms with Crippen molar-refractivity contribution in [1.29, 1.82) is 0 Å². The molecular weight excluding hydrogens is 948 g/mol. The Morgan fingerprint density at radius 1 is 0.694 bits per heavy atom. The van der Waals surface area contributed by atoms with Gasteiger partial charge in [-0.3, -0.25) is 33.6 Å². The zero-order valence-corrected chi connectivity index (χ0v) is 42.9. The maximum absolute atomic E-state index is 14.4. The molecule has 14 atom stereocenters. The highest BCUT2D eigenvalue weighted by molar-refractivity contribution is 5.93. The van der Waals surface area contributed by atoms with Gasteiger partial charge < -0.3 is 51.2 Å². The molecule has 0 aliphatic heterocycles. The molecule has 4 saturated carbocycles. The number of rotatable bonds is 23. The molecule has 0 heterocycles. The number of aliphatic hydroxyl groups is 2. The second-order valence-electron chi connectivity index (χ2n) is 21.2. The van der Waals surface area contributed by atoms with Gasteiger partial charge in [-0.15, -0.1) is 12.4 Å². The average molecular weight is 1030 g/mol. The van der Waals surface area contributed by atoms with Crippen LogP contribution in [0, 0.1) is 46.3 Å². The van der Waals surface area contributed by atoms with Crippen LogP contribution in [0.15, 0.2) is 60.7 Å². The van der Waals surface area contributed by atoms with Gasteiger partial charge in [-0.05, 0) is 128 Å². The SMILES string of the molecule is COC(=O)CCC(C)[C@H]1CC[C@H]2[C@@H]3[C@H](O)C[C@@H]4C[C@@H](NC(=O)C(CCC(=O)OCc5ccccc5)NC(=O)C(CCC(=O)OCc5ccccc5)NC(=O)C(N)CCC(=O)O)CC[C@]4(C)[C@H]3C[C@H](O)[C@]12C.Cl. The summed E-state index contributed by atoms with van der Waals surface area (Å²) in [4.78, 5) is 91.1. The number of aliphatic hydroxyl groups excluding tert-OH is 2. The van der Waals surface area contributed by atoms with E-state index < -0.39 is 77.8 Å². The fourth-order valence-corrected chi connectivity index (χ4v) is 12.9. The van der Waals surface area contributed by atoms with Crippen LogP contribution < -0.4 is 21.7 Å². The number of nitrogens with two attached hydrogens (primary N) is 1. The van der Waals surface area contributed by atoms with Gasteiger partial charge in [0.25, 0.3) is 0 Å². The van der Waals surface area contributed by atoms with Crippen molar-refractivity contribution < 1.29 is 63.1 Å². The number of carboxylic acid groups (broad SMARTS) is 1. The molecule has 72 heavy (non-hydrogen) atoms. The summed E-state index contributed by atoms with van der Waals surface area (Å²) in [6, 6.07) is 13.7. The fraction of sp³-hybridized carbons (Fsp3) is 0.648. The number of methoxy groups -OCH3 is 1. The largest absolute Gasteiger partial charge is 0.481 e. The van der Waals surface area contributed by atoms with Crippen molar-refractivity contribution in [3.8, 4) is 0 Å². The Morgan fingerprint density at radius 3 is 1.82 bits per heavy atom. The molecule has 0 saturated heterocycles. The van der Waals surface area contributed by atoms with Gasteiger partial charge >= 0.3 is 23.9 Å². The van der Waals surface area contributed by atoms with E-state index in [0.29, 0.717) is 38.5 Å². The third-order valence-corrected chi connectivity index (χ3v) is 17.0. The first-order valence-corrected chi connectivity index (χ1v) is 25.5. The lowest BCUT2D eigenvalue weighted by Crippen LogP contribution is -2.63. The Morgan fingerprint density at radius 2 is 1.25 bits per heavy atom. The molecule has 4 fully saturated rings. The van der Waals surface area contributed by atoms with Crippen molar-refractivity contribution in [2.45, 2.75) is 167 Å². The minimum atomic E-state index is -1.40. The van der Waals surface area contributed by atoms with Gasteiger partial charge in [-0.1, -0.05) is 81.4 Å². The molecule has 17 nitrogen and oxygen atoms in total. The zero-order chi connectivity index (χ0) is 51.5. The number of carbonyl (C=O) groups excluding carboxylic acids is 6. The third kappa shape index (κ3) is 14.3. The van der Waals surface area contributed by atoms with E-state index in [2.05, 4.69) is 36.7 Å². The molecule has 3 amide bonds. The number of carbonyl (C=O) groups is 7. The highest BCUT2D eigenvalue weighted by Crippen LogP contribution is 2.68. The predicted molar refractivity (Wildman–Crippen MR) is 267 cm³/mol. The topological polar surface area (TPSA) is 270 Å². The minimum absolute atomic E-state index is 0. The van der Waals surface area contributed by atoms with Gasteiger partial charge in [0.1, 0.15) is 25.3 Å². The first kappa shape index (κ1) is 57.8. The van der Waals surface area contributed by atoms with Crippen LogP contribution in [0.5, 0.6) is 0 Å². The second kappa shape index (κ2) is 26.2. The number of carboxylic acids is 1. The van der Waals surface area contributed by atoms with Gasteiger partial charge in [0.2, 0.25) is 17.7 Å². The van der Waals surface area contributed by atoms with Crippen molar-refractivity contribution in [2.24, 2.45) is 52.1 Å². The lowest BCUT2D eigenvalue weighted by molar-refractivity contribution is -0.202. The molecule has 2 aromatic carbocycles. The van der Waals surface area contributed by atoms with Crippen molar-refractivity contribution >= 4 is 54.0 Å². The van der Waals surface area contributed by atoms with E-state index in [-0.39, 0.29) is 111 Å². The van der Waals surface area contributed by atoms with E-state index in [4.69, 9.17) is 25.1 Å². The van der Waals surface area contributed by atoms with Crippen molar-refractivity contribution in [3.05, 3.63) is 71.8 Å². The number of amides is 3. The highest BCUT2D eigenvalue weighted by Gasteiger charge is 2.65. The van der Waals surface area contributed by atoms with E-state index >= 15 is 0 Å². The summed E-state index contributed by atoms with van der Waals surface area (Å²) in [7, 11) is 1.39. The van der Waals surface area contributed by atoms with Crippen LogP contribution in [0.25, 0.3) is 0 Å². The number of nitrogens with one attached hydrogen (secondary N) is 3. The summed E-state index contributed by atoms with van der Waals surface area (Å²) < 4.78 is 15.8. The molecule has 4 unspecified atom stereocenters. The van der Waals surface area contributed by atoms with Crippen LogP contribution in [0.1, 0.15) is 128 Å². The maximum Gasteiger partial charge on any atom is 0.306 e. The molecule has 18 heteroatoms. The quantitative estimate of drug-likeness (QED) is 0.0551. The van der Waals surface area contributed by atoms with Gasteiger partial charge in [-0.2, -0.15) is 0 Å². The van der Waals surface area contributed by atoms with Gasteiger partial charge in [-0.25, -0.2) is 0 Å². The Labute approximate surface area is 429 Å². The molecule has 398 valence electrons. The summed E-state index contributed by atoms with van der Waals surface area (Å²) >= 11 is 0. The van der Waals surface area contributed by atoms with E-state index in [0.717, 1.165) is 30.4 Å². The summed E-state index contributed by atoms with van der Waals surface area (Å²) in [6.45, 7) is 6.60. The highest BCUT2D eigenvalue weighted by atomic mass is 35.5. The lowest BCUT2D eigenvalue weighted by Gasteiger charge is -2.63. The van der Waals surface area contributed by atoms with Crippen molar-refractivity contribution in [1.82, 2.24) is 16.0 Å². The van der Waals surface area contributed by atoms with Gasteiger partial charge in [0.15, 0.2) is 0 Å². The number of fused-ring (bicyclic) bond motifs is 5. The Hall–Kier alpha value is -5.10. The average Bonchev–Trinajstić information content (AvgIpc) is 3.72. The zero-order valence-electron chi connectivity index (χ0n) is 42.1. The van der Waals surface area contributed by atoms with E-state index in [1.807, 2.05) is 24.3 Å². The number of hydrogen-bond acceptors (Lipinski definition) is 13. The molecule has 0 aromatic heterocycles. The summed E-state index contributed by atoms with van der Waals surface area (Å²) in [5.41, 5.74) is 6.89. The Kier molecular flexibility index (Phi) is 21.0. The monoisotopic (exact) mass is 1020 g/mol. The molecule has 0 bridgehead atoms. The number of halogens is 1. The van der Waals surface area contributed by atoms with Gasteiger partial charge in [0, 0.05) is 31.7 Å². The number of aliphatic carboxylic acids is 1. The van der Waals surface area contributed by atoms with E-state index in [9.17, 15) is 43.8 Å². The molecule has 0 radical (unpaired) electrons. The summed E-state index contributed by atoms with van der Waals surface area (Å²) in [6.07, 6.45) is 3.00. The molecule has 4 aliphatic carbocycles. The van der Waals surface area contributed by atoms with Crippen LogP contribution in [-0.2, 0) is 61.0 Å². The third-order valence-electron chi connectivity index (χ3n) is 17.0. The molecule has 8 N–H and O–H groups in total. The van der Waals surface area contributed by atoms with Crippen molar-refractivity contribution in [3.63, 3.8) is 0 Å². The van der Waals surface area contributed by atoms with E-state index in [1.165, 1.54) is 7.11 Å². The van der Waals surface area contributed by atoms with Crippen LogP contribution in [0.4, 0.5) is 0 Å². The van der Waals surface area contributed by atoms with Crippen LogP contribution >= 0.6 is 12.4 Å². The Bertz CT molecular complexity index is 2170. The predicted octanol–water partition coefficient (Wildman–Crippen LogP) is 5.29. The fourth-order valence-electron chi connectivity index (χ4n) is 12.9. The number of hydrogen-bond donors (Lipinski definition) is 7. The number of ether oxygens (including phenoxy) is 3. The first-order chi connectivity index (χ1) is 33.8. The Balaban J connectivity index is 0.00000963.